The molecule has 0 saturated carbocycles. The van der Waals surface area contributed by atoms with Crippen LogP contribution in [-0.2, 0) is 0 Å². The third kappa shape index (κ3) is 4.21. The summed E-state index contributed by atoms with van der Waals surface area (Å²) in [7, 11) is 0. The first kappa shape index (κ1) is 22.6. The molecule has 3 heteroatoms. The van der Waals surface area contributed by atoms with Gasteiger partial charge >= 0.3 is 0 Å². The van der Waals surface area contributed by atoms with Crippen LogP contribution in [0.1, 0.15) is 17.3 Å². The second kappa shape index (κ2) is 9.63. The van der Waals surface area contributed by atoms with Crippen LogP contribution in [0.3, 0.4) is 0 Å². The Labute approximate surface area is 216 Å². The van der Waals surface area contributed by atoms with Crippen LogP contribution in [0.4, 0.5) is 0 Å². The number of nitrogens with zero attached hydrogens (tertiary/aromatic N) is 2. The monoisotopic (exact) mass is 478 g/mol. The van der Waals surface area contributed by atoms with E-state index in [1.165, 1.54) is 0 Å². The summed E-state index contributed by atoms with van der Waals surface area (Å²) in [5.74, 6) is 0.0630. The smallest absolute Gasteiger partial charge is 0.159 e. The molecule has 0 aliphatic carbocycles. The molecule has 0 fully saturated rings. The van der Waals surface area contributed by atoms with Crippen LogP contribution >= 0.6 is 0 Å². The normalized spacial score (nSPS) is 10.9. The van der Waals surface area contributed by atoms with Crippen LogP contribution in [-0.4, -0.2) is 14.9 Å². The lowest BCUT2D eigenvalue weighted by molar-refractivity contribution is 0.101. The van der Waals surface area contributed by atoms with Crippen molar-refractivity contribution in [1.82, 2.24) is 9.13 Å². The molecule has 0 aliphatic heterocycles. The van der Waals surface area contributed by atoms with Gasteiger partial charge in [-0.15, -0.1) is 0 Å². The maximum Gasteiger partial charge on any atom is 0.159 e. The number of carbonyl (C=O) groups is 1. The van der Waals surface area contributed by atoms with E-state index in [0.29, 0.717) is 5.56 Å². The molecule has 0 spiro atoms. The third-order valence-corrected chi connectivity index (χ3v) is 6.71. The topological polar surface area (TPSA) is 26.9 Å². The average molecular weight is 479 g/mol. The molecule has 0 N–H and O–H groups in total. The highest BCUT2D eigenvalue weighted by Gasteiger charge is 2.19. The van der Waals surface area contributed by atoms with Gasteiger partial charge in [-0.1, -0.05) is 78.9 Å². The van der Waals surface area contributed by atoms with Crippen LogP contribution in [0.15, 0.2) is 140 Å². The van der Waals surface area contributed by atoms with Gasteiger partial charge in [-0.05, 0) is 78.7 Å². The summed E-state index contributed by atoms with van der Waals surface area (Å²) in [4.78, 5) is 11.9. The van der Waals surface area contributed by atoms with Crippen LogP contribution in [0.25, 0.3) is 45.3 Å². The molecule has 6 aromatic rings. The van der Waals surface area contributed by atoms with E-state index in [9.17, 15) is 4.79 Å². The number of hydrogen-bond donors (Lipinski definition) is 0. The fraction of sp³-hybridized carbons (Fsp3) is 0.0294. The highest BCUT2D eigenvalue weighted by atomic mass is 16.1. The molecule has 178 valence electrons. The summed E-state index contributed by atoms with van der Waals surface area (Å²) < 4.78 is 4.60. The van der Waals surface area contributed by atoms with Gasteiger partial charge in [0, 0.05) is 16.9 Å². The quantitative estimate of drug-likeness (QED) is 0.221. The van der Waals surface area contributed by atoms with E-state index in [1.54, 1.807) is 6.92 Å². The zero-order chi connectivity index (χ0) is 25.2. The standard InChI is InChI=1S/C34H26N2O/c1-25(37)26-17-19-30(20-18-26)36-32(28-13-7-3-8-14-28)22-24-34(36)33-23-21-31(27-11-5-2-6-12-27)35(33)29-15-9-4-10-16-29/h2-24H,1H3. The van der Waals surface area contributed by atoms with E-state index in [1.807, 2.05) is 42.5 Å². The molecule has 4 aromatic carbocycles. The molecule has 0 amide bonds. The van der Waals surface area contributed by atoms with Crippen molar-refractivity contribution in [3.05, 3.63) is 145 Å². The molecule has 3 nitrogen and oxygen atoms in total. The van der Waals surface area contributed by atoms with Crippen molar-refractivity contribution in [2.75, 3.05) is 0 Å². The van der Waals surface area contributed by atoms with E-state index in [-0.39, 0.29) is 5.78 Å². The Balaban J connectivity index is 1.62. The number of benzene rings is 4. The molecule has 0 radical (unpaired) electrons. The van der Waals surface area contributed by atoms with Crippen LogP contribution < -0.4 is 0 Å². The summed E-state index contributed by atoms with van der Waals surface area (Å²) in [6, 6.07) is 48.0. The predicted molar refractivity (Wildman–Crippen MR) is 151 cm³/mol. The third-order valence-electron chi connectivity index (χ3n) is 6.71. The molecule has 0 saturated heterocycles. The molecule has 37 heavy (non-hydrogen) atoms. The zero-order valence-corrected chi connectivity index (χ0v) is 20.6. The van der Waals surface area contributed by atoms with Gasteiger partial charge in [0.1, 0.15) is 0 Å². The predicted octanol–water partition coefficient (Wildman–Crippen LogP) is 8.47. The molecule has 0 bridgehead atoms. The zero-order valence-electron chi connectivity index (χ0n) is 20.6. The van der Waals surface area contributed by atoms with Gasteiger partial charge in [-0.25, -0.2) is 0 Å². The van der Waals surface area contributed by atoms with E-state index in [0.717, 1.165) is 45.3 Å². The highest BCUT2D eigenvalue weighted by Crippen LogP contribution is 2.37. The summed E-state index contributed by atoms with van der Waals surface area (Å²) in [6.45, 7) is 1.60. The van der Waals surface area contributed by atoms with E-state index in [2.05, 4.69) is 106 Å². The first-order valence-corrected chi connectivity index (χ1v) is 12.4. The van der Waals surface area contributed by atoms with Gasteiger partial charge < -0.3 is 9.13 Å². The number of rotatable bonds is 6. The van der Waals surface area contributed by atoms with Crippen molar-refractivity contribution in [3.8, 4) is 45.3 Å². The average Bonchev–Trinajstić information content (AvgIpc) is 3.59. The second-order valence-corrected chi connectivity index (χ2v) is 9.05. The maximum atomic E-state index is 11.9. The highest BCUT2D eigenvalue weighted by molar-refractivity contribution is 5.94. The minimum absolute atomic E-state index is 0.0630. The SMILES string of the molecule is CC(=O)c1ccc(-n2c(-c3ccccc3)ccc2-c2ccc(-c3ccccc3)n2-c2ccccc2)cc1. The van der Waals surface area contributed by atoms with E-state index >= 15 is 0 Å². The van der Waals surface area contributed by atoms with Crippen molar-refractivity contribution in [3.63, 3.8) is 0 Å². The minimum Gasteiger partial charge on any atom is -0.308 e. The van der Waals surface area contributed by atoms with Crippen molar-refractivity contribution in [2.24, 2.45) is 0 Å². The number of hydrogen-bond acceptors (Lipinski definition) is 1. The first-order valence-electron chi connectivity index (χ1n) is 12.4. The summed E-state index contributed by atoms with van der Waals surface area (Å²) >= 11 is 0. The largest absolute Gasteiger partial charge is 0.308 e. The lowest BCUT2D eigenvalue weighted by atomic mass is 10.1. The molecule has 6 rings (SSSR count). The number of aromatic nitrogens is 2. The van der Waals surface area contributed by atoms with Gasteiger partial charge in [-0.3, -0.25) is 4.79 Å². The number of Topliss-reactive ketones (excluding diaryl/α,β-unsaturated/α-hetero) is 1. The van der Waals surface area contributed by atoms with Gasteiger partial charge in [0.2, 0.25) is 0 Å². The van der Waals surface area contributed by atoms with Gasteiger partial charge in [0.05, 0.1) is 22.8 Å². The van der Waals surface area contributed by atoms with Crippen molar-refractivity contribution >= 4 is 5.78 Å². The fourth-order valence-electron chi connectivity index (χ4n) is 4.92. The Hall–Kier alpha value is -4.89. The van der Waals surface area contributed by atoms with Crippen molar-refractivity contribution in [2.45, 2.75) is 6.92 Å². The Kier molecular flexibility index (Phi) is 5.88. The molecule has 0 aliphatic rings. The Morgan fingerprint density at radius 2 is 0.811 bits per heavy atom. The van der Waals surface area contributed by atoms with Gasteiger partial charge in [-0.2, -0.15) is 0 Å². The Morgan fingerprint density at radius 1 is 0.432 bits per heavy atom. The van der Waals surface area contributed by atoms with Crippen molar-refractivity contribution < 1.29 is 4.79 Å². The van der Waals surface area contributed by atoms with E-state index < -0.39 is 0 Å². The summed E-state index contributed by atoms with van der Waals surface area (Å²) in [5, 5.41) is 0. The molecule has 2 aromatic heterocycles. The lowest BCUT2D eigenvalue weighted by Crippen LogP contribution is -2.05. The lowest BCUT2D eigenvalue weighted by Gasteiger charge is -2.18. The van der Waals surface area contributed by atoms with Crippen molar-refractivity contribution in [1.29, 1.82) is 0 Å². The minimum atomic E-state index is 0.0630. The Morgan fingerprint density at radius 3 is 1.24 bits per heavy atom. The fourth-order valence-corrected chi connectivity index (χ4v) is 4.92. The number of carbonyl (C=O) groups excluding carboxylic acids is 1. The Bertz CT molecular complexity index is 1660. The second-order valence-electron chi connectivity index (χ2n) is 9.05. The molecular weight excluding hydrogens is 452 g/mol. The number of ketones is 1. The number of para-hydroxylation sites is 1. The molecule has 0 unspecified atom stereocenters. The summed E-state index contributed by atoms with van der Waals surface area (Å²) in [5.41, 5.74) is 9.47. The van der Waals surface area contributed by atoms with E-state index in [4.69, 9.17) is 0 Å². The molecular formula is C34H26N2O. The van der Waals surface area contributed by atoms with Gasteiger partial charge in [0.25, 0.3) is 0 Å². The first-order chi connectivity index (χ1) is 18.2. The molecule has 0 atom stereocenters. The van der Waals surface area contributed by atoms with Gasteiger partial charge in [0.15, 0.2) is 5.78 Å². The molecule has 2 heterocycles. The van der Waals surface area contributed by atoms with Crippen LogP contribution in [0, 0.1) is 0 Å². The van der Waals surface area contributed by atoms with Crippen LogP contribution in [0.5, 0.6) is 0 Å². The maximum absolute atomic E-state index is 11.9. The van der Waals surface area contributed by atoms with Crippen LogP contribution in [0.2, 0.25) is 0 Å². The summed E-state index contributed by atoms with van der Waals surface area (Å²) in [6.07, 6.45) is 0.